The molecule has 0 aromatic heterocycles. The summed E-state index contributed by atoms with van der Waals surface area (Å²) in [6.07, 6.45) is 2.92. The van der Waals surface area contributed by atoms with Crippen molar-refractivity contribution in [1.29, 1.82) is 0 Å². The standard InChI is InChI=1S/C9H19NO2S/c1-2-6-13(11,12)8-9-4-3-5-10-7-9/h9-10H,2-8H2,1H3. The molecule has 1 N–H and O–H groups in total. The van der Waals surface area contributed by atoms with Crippen LogP contribution >= 0.6 is 0 Å². The number of nitrogens with one attached hydrogen (secondary N) is 1. The molecule has 1 fully saturated rings. The second kappa shape index (κ2) is 4.96. The number of sulfone groups is 1. The zero-order valence-electron chi connectivity index (χ0n) is 8.25. The molecule has 1 saturated heterocycles. The van der Waals surface area contributed by atoms with Crippen LogP contribution in [0.25, 0.3) is 0 Å². The van der Waals surface area contributed by atoms with E-state index in [0.29, 0.717) is 17.4 Å². The number of piperidine rings is 1. The van der Waals surface area contributed by atoms with Crippen molar-refractivity contribution in [2.45, 2.75) is 26.2 Å². The van der Waals surface area contributed by atoms with Crippen molar-refractivity contribution in [3.63, 3.8) is 0 Å². The molecule has 1 unspecified atom stereocenters. The lowest BCUT2D eigenvalue weighted by molar-refractivity contribution is 0.404. The molecule has 3 nitrogen and oxygen atoms in total. The maximum Gasteiger partial charge on any atom is 0.150 e. The predicted molar refractivity (Wildman–Crippen MR) is 54.5 cm³/mol. The van der Waals surface area contributed by atoms with Crippen LogP contribution in [0.3, 0.4) is 0 Å². The Labute approximate surface area is 80.8 Å². The second-order valence-corrected chi connectivity index (χ2v) is 6.06. The molecular formula is C9H19NO2S. The van der Waals surface area contributed by atoms with Crippen LogP contribution in [-0.2, 0) is 9.84 Å². The van der Waals surface area contributed by atoms with Crippen LogP contribution in [-0.4, -0.2) is 33.0 Å². The highest BCUT2D eigenvalue weighted by Gasteiger charge is 2.20. The normalized spacial score (nSPS) is 24.5. The van der Waals surface area contributed by atoms with Gasteiger partial charge in [0.1, 0.15) is 0 Å². The molecule has 0 saturated carbocycles. The fourth-order valence-corrected chi connectivity index (χ4v) is 3.61. The Balaban J connectivity index is 2.37. The monoisotopic (exact) mass is 205 g/mol. The van der Waals surface area contributed by atoms with Gasteiger partial charge in [-0.1, -0.05) is 6.92 Å². The van der Waals surface area contributed by atoms with Crippen molar-refractivity contribution in [3.8, 4) is 0 Å². The van der Waals surface area contributed by atoms with Crippen molar-refractivity contribution in [3.05, 3.63) is 0 Å². The number of hydrogen-bond acceptors (Lipinski definition) is 3. The van der Waals surface area contributed by atoms with Gasteiger partial charge >= 0.3 is 0 Å². The molecule has 1 aliphatic rings. The number of rotatable bonds is 4. The molecule has 0 amide bonds. The first-order valence-electron chi connectivity index (χ1n) is 5.05. The molecule has 0 radical (unpaired) electrons. The fraction of sp³-hybridized carbons (Fsp3) is 1.00. The zero-order valence-corrected chi connectivity index (χ0v) is 9.07. The maximum absolute atomic E-state index is 11.5. The van der Waals surface area contributed by atoms with E-state index in [-0.39, 0.29) is 0 Å². The summed E-state index contributed by atoms with van der Waals surface area (Å²) in [4.78, 5) is 0. The van der Waals surface area contributed by atoms with Crippen molar-refractivity contribution >= 4 is 9.84 Å². The molecule has 0 spiro atoms. The highest BCUT2D eigenvalue weighted by molar-refractivity contribution is 7.91. The molecule has 1 heterocycles. The van der Waals surface area contributed by atoms with Gasteiger partial charge in [0.2, 0.25) is 0 Å². The van der Waals surface area contributed by atoms with Crippen LogP contribution in [0.15, 0.2) is 0 Å². The molecule has 13 heavy (non-hydrogen) atoms. The topological polar surface area (TPSA) is 46.2 Å². The van der Waals surface area contributed by atoms with E-state index in [9.17, 15) is 8.42 Å². The Hall–Kier alpha value is -0.0900. The molecule has 1 aliphatic heterocycles. The van der Waals surface area contributed by atoms with Gasteiger partial charge in [-0.15, -0.1) is 0 Å². The van der Waals surface area contributed by atoms with E-state index in [1.165, 1.54) is 0 Å². The van der Waals surface area contributed by atoms with Crippen LogP contribution in [0.2, 0.25) is 0 Å². The molecule has 0 aromatic rings. The Morgan fingerprint density at radius 2 is 2.23 bits per heavy atom. The van der Waals surface area contributed by atoms with Gasteiger partial charge in [0, 0.05) is 5.75 Å². The van der Waals surface area contributed by atoms with Gasteiger partial charge < -0.3 is 5.32 Å². The molecule has 0 aromatic carbocycles. The van der Waals surface area contributed by atoms with Gasteiger partial charge in [0.05, 0.1) is 5.75 Å². The average Bonchev–Trinajstić information content (AvgIpc) is 2.04. The first-order chi connectivity index (χ1) is 6.14. The highest BCUT2D eigenvalue weighted by Crippen LogP contribution is 2.13. The third-order valence-electron chi connectivity index (χ3n) is 2.40. The summed E-state index contributed by atoms with van der Waals surface area (Å²) in [5.74, 6) is 1.09. The quantitative estimate of drug-likeness (QED) is 0.739. The molecule has 78 valence electrons. The van der Waals surface area contributed by atoms with Gasteiger partial charge in [-0.25, -0.2) is 8.42 Å². The van der Waals surface area contributed by atoms with Gasteiger partial charge in [-0.3, -0.25) is 0 Å². The Morgan fingerprint density at radius 1 is 1.46 bits per heavy atom. The summed E-state index contributed by atoms with van der Waals surface area (Å²) in [6.45, 7) is 3.84. The lowest BCUT2D eigenvalue weighted by Crippen LogP contribution is -2.34. The minimum absolute atomic E-state index is 0.351. The Morgan fingerprint density at radius 3 is 2.77 bits per heavy atom. The van der Waals surface area contributed by atoms with Crippen molar-refractivity contribution in [2.24, 2.45) is 5.92 Å². The summed E-state index contributed by atoms with van der Waals surface area (Å²) in [5, 5.41) is 3.24. The van der Waals surface area contributed by atoms with E-state index in [1.807, 2.05) is 6.92 Å². The van der Waals surface area contributed by atoms with Crippen molar-refractivity contribution < 1.29 is 8.42 Å². The second-order valence-electron chi connectivity index (χ2n) is 3.83. The molecular weight excluding hydrogens is 186 g/mol. The summed E-state index contributed by atoms with van der Waals surface area (Å²) >= 11 is 0. The molecule has 0 aliphatic carbocycles. The summed E-state index contributed by atoms with van der Waals surface area (Å²) in [6, 6.07) is 0. The van der Waals surface area contributed by atoms with Crippen LogP contribution < -0.4 is 5.32 Å². The molecule has 1 rings (SSSR count). The van der Waals surface area contributed by atoms with Crippen LogP contribution in [0.1, 0.15) is 26.2 Å². The Bertz CT molecular complexity index is 230. The van der Waals surface area contributed by atoms with Gasteiger partial charge in [0.15, 0.2) is 9.84 Å². The van der Waals surface area contributed by atoms with Crippen LogP contribution in [0.4, 0.5) is 0 Å². The minimum Gasteiger partial charge on any atom is -0.316 e. The lowest BCUT2D eigenvalue weighted by atomic mass is 10.0. The molecule has 4 heteroatoms. The zero-order chi connectivity index (χ0) is 9.73. The molecule has 0 bridgehead atoms. The SMILES string of the molecule is CCCS(=O)(=O)CC1CCCNC1. The average molecular weight is 205 g/mol. The van der Waals surface area contributed by atoms with E-state index < -0.39 is 9.84 Å². The fourth-order valence-electron chi connectivity index (χ4n) is 1.82. The Kier molecular flexibility index (Phi) is 4.19. The summed E-state index contributed by atoms with van der Waals surface area (Å²) in [7, 11) is -2.77. The smallest absolute Gasteiger partial charge is 0.150 e. The van der Waals surface area contributed by atoms with Gasteiger partial charge in [0.25, 0.3) is 0 Å². The van der Waals surface area contributed by atoms with E-state index in [1.54, 1.807) is 0 Å². The van der Waals surface area contributed by atoms with Gasteiger partial charge in [-0.05, 0) is 38.3 Å². The third kappa shape index (κ3) is 4.09. The van der Waals surface area contributed by atoms with E-state index in [0.717, 1.165) is 32.4 Å². The maximum atomic E-state index is 11.5. The lowest BCUT2D eigenvalue weighted by Gasteiger charge is -2.22. The summed E-state index contributed by atoms with van der Waals surface area (Å²) in [5.41, 5.74) is 0. The van der Waals surface area contributed by atoms with E-state index in [2.05, 4.69) is 5.32 Å². The number of hydrogen-bond donors (Lipinski definition) is 1. The summed E-state index contributed by atoms with van der Waals surface area (Å²) < 4.78 is 22.9. The minimum atomic E-state index is -2.77. The largest absolute Gasteiger partial charge is 0.316 e. The van der Waals surface area contributed by atoms with Gasteiger partial charge in [-0.2, -0.15) is 0 Å². The first-order valence-corrected chi connectivity index (χ1v) is 6.87. The van der Waals surface area contributed by atoms with E-state index in [4.69, 9.17) is 0 Å². The van der Waals surface area contributed by atoms with Crippen molar-refractivity contribution in [1.82, 2.24) is 5.32 Å². The molecule has 1 atom stereocenters. The third-order valence-corrected chi connectivity index (χ3v) is 4.41. The van der Waals surface area contributed by atoms with E-state index >= 15 is 0 Å². The first kappa shape index (κ1) is 11.0. The highest BCUT2D eigenvalue weighted by atomic mass is 32.2. The van der Waals surface area contributed by atoms with Crippen LogP contribution in [0.5, 0.6) is 0 Å². The van der Waals surface area contributed by atoms with Crippen molar-refractivity contribution in [2.75, 3.05) is 24.6 Å². The predicted octanol–water partition coefficient (Wildman–Crippen LogP) is 0.811. The van der Waals surface area contributed by atoms with Crippen LogP contribution in [0, 0.1) is 5.92 Å².